The van der Waals surface area contributed by atoms with Crippen molar-refractivity contribution >= 4 is 34.5 Å². The van der Waals surface area contributed by atoms with Crippen molar-refractivity contribution in [3.63, 3.8) is 0 Å². The Kier molecular flexibility index (Phi) is 6.20. The summed E-state index contributed by atoms with van der Waals surface area (Å²) >= 11 is 1.50. The molecule has 0 bridgehead atoms. The van der Waals surface area contributed by atoms with E-state index in [0.29, 0.717) is 30.6 Å². The first-order valence-electron chi connectivity index (χ1n) is 7.83. The normalized spacial score (nSPS) is 11.2. The second kappa shape index (κ2) is 8.14. The topological polar surface area (TPSA) is 84.7 Å². The van der Waals surface area contributed by atoms with Gasteiger partial charge >= 0.3 is 0 Å². The first kappa shape index (κ1) is 17.5. The number of fused-ring (bicyclic) bond motifs is 1. The SMILES string of the molecule is CCC(=O)NCCn1ncc2c(NCC(C)C)nc(SC)nc21. The predicted octanol–water partition coefficient (Wildman–Crippen LogP) is 2.14. The highest BCUT2D eigenvalue weighted by Crippen LogP contribution is 2.23. The molecule has 23 heavy (non-hydrogen) atoms. The number of nitrogens with zero attached hydrogens (tertiary/aromatic N) is 4. The van der Waals surface area contributed by atoms with E-state index in [1.54, 1.807) is 6.20 Å². The highest BCUT2D eigenvalue weighted by Gasteiger charge is 2.13. The number of hydrogen-bond acceptors (Lipinski definition) is 6. The van der Waals surface area contributed by atoms with Gasteiger partial charge in [0.15, 0.2) is 10.8 Å². The zero-order valence-corrected chi connectivity index (χ0v) is 14.9. The number of aromatic nitrogens is 4. The molecule has 1 amide bonds. The molecule has 2 N–H and O–H groups in total. The van der Waals surface area contributed by atoms with Crippen LogP contribution in [0.1, 0.15) is 27.2 Å². The molecule has 0 saturated heterocycles. The highest BCUT2D eigenvalue weighted by atomic mass is 32.2. The Hall–Kier alpha value is -1.83. The van der Waals surface area contributed by atoms with Crippen LogP contribution >= 0.6 is 11.8 Å². The van der Waals surface area contributed by atoms with Gasteiger partial charge in [-0.15, -0.1) is 0 Å². The van der Waals surface area contributed by atoms with Crippen LogP contribution in [0, 0.1) is 5.92 Å². The van der Waals surface area contributed by atoms with Gasteiger partial charge in [-0.1, -0.05) is 32.5 Å². The van der Waals surface area contributed by atoms with Gasteiger partial charge in [-0.05, 0) is 12.2 Å². The summed E-state index contributed by atoms with van der Waals surface area (Å²) in [5.74, 6) is 1.38. The molecule has 0 spiro atoms. The lowest BCUT2D eigenvalue weighted by Crippen LogP contribution is -2.26. The third-order valence-corrected chi connectivity index (χ3v) is 3.85. The molecule has 0 fully saturated rings. The minimum Gasteiger partial charge on any atom is -0.369 e. The number of carbonyl (C=O) groups excluding carboxylic acids is 1. The van der Waals surface area contributed by atoms with E-state index >= 15 is 0 Å². The Labute approximate surface area is 140 Å². The van der Waals surface area contributed by atoms with Crippen LogP contribution in [0.4, 0.5) is 5.82 Å². The molecule has 126 valence electrons. The van der Waals surface area contributed by atoms with E-state index in [1.165, 1.54) is 11.8 Å². The summed E-state index contributed by atoms with van der Waals surface area (Å²) < 4.78 is 1.81. The second-order valence-electron chi connectivity index (χ2n) is 5.64. The van der Waals surface area contributed by atoms with Crippen molar-refractivity contribution in [3.8, 4) is 0 Å². The molecule has 0 radical (unpaired) electrons. The number of amides is 1. The van der Waals surface area contributed by atoms with Crippen molar-refractivity contribution in [2.75, 3.05) is 24.7 Å². The summed E-state index contributed by atoms with van der Waals surface area (Å²) in [6.45, 7) is 8.11. The Morgan fingerprint density at radius 2 is 2.17 bits per heavy atom. The molecule has 0 unspecified atom stereocenters. The summed E-state index contributed by atoms with van der Waals surface area (Å²) in [5, 5.41) is 12.2. The molecule has 7 nitrogen and oxygen atoms in total. The summed E-state index contributed by atoms with van der Waals surface area (Å²) in [6, 6.07) is 0. The number of carbonyl (C=O) groups is 1. The van der Waals surface area contributed by atoms with Crippen LogP contribution in [-0.2, 0) is 11.3 Å². The third-order valence-electron chi connectivity index (χ3n) is 3.30. The molecule has 0 aromatic carbocycles. The van der Waals surface area contributed by atoms with Crippen molar-refractivity contribution < 1.29 is 4.79 Å². The van der Waals surface area contributed by atoms with Crippen LogP contribution in [0.15, 0.2) is 11.4 Å². The first-order valence-corrected chi connectivity index (χ1v) is 9.05. The fourth-order valence-corrected chi connectivity index (χ4v) is 2.41. The van der Waals surface area contributed by atoms with Crippen LogP contribution in [0.25, 0.3) is 11.0 Å². The lowest BCUT2D eigenvalue weighted by molar-refractivity contribution is -0.120. The lowest BCUT2D eigenvalue weighted by Gasteiger charge is -2.10. The van der Waals surface area contributed by atoms with Gasteiger partial charge in [-0.3, -0.25) is 4.79 Å². The minimum absolute atomic E-state index is 0.0418. The maximum absolute atomic E-state index is 11.3. The third kappa shape index (κ3) is 4.57. The van der Waals surface area contributed by atoms with E-state index in [-0.39, 0.29) is 5.91 Å². The van der Waals surface area contributed by atoms with E-state index in [1.807, 2.05) is 17.9 Å². The van der Waals surface area contributed by atoms with Gasteiger partial charge in [0.2, 0.25) is 5.91 Å². The predicted molar refractivity (Wildman–Crippen MR) is 93.7 cm³/mol. The van der Waals surface area contributed by atoms with Crippen LogP contribution in [0.5, 0.6) is 0 Å². The average Bonchev–Trinajstić information content (AvgIpc) is 2.95. The summed E-state index contributed by atoms with van der Waals surface area (Å²) in [6.07, 6.45) is 4.22. The Morgan fingerprint density at radius 3 is 2.83 bits per heavy atom. The molecule has 0 atom stereocenters. The van der Waals surface area contributed by atoms with Gasteiger partial charge in [0.25, 0.3) is 0 Å². The summed E-state index contributed by atoms with van der Waals surface area (Å²) in [7, 11) is 0. The van der Waals surface area contributed by atoms with Gasteiger partial charge in [0.1, 0.15) is 5.82 Å². The average molecular weight is 336 g/mol. The van der Waals surface area contributed by atoms with Crippen molar-refractivity contribution in [2.45, 2.75) is 38.9 Å². The van der Waals surface area contributed by atoms with Crippen molar-refractivity contribution in [1.82, 2.24) is 25.1 Å². The number of hydrogen-bond donors (Lipinski definition) is 2. The molecule has 0 aliphatic rings. The number of anilines is 1. The van der Waals surface area contributed by atoms with Gasteiger partial charge < -0.3 is 10.6 Å². The largest absolute Gasteiger partial charge is 0.369 e. The summed E-state index contributed by atoms with van der Waals surface area (Å²) in [4.78, 5) is 20.4. The monoisotopic (exact) mass is 336 g/mol. The Morgan fingerprint density at radius 1 is 1.39 bits per heavy atom. The molecule has 2 aromatic rings. The molecule has 2 rings (SSSR count). The molecule has 8 heteroatoms. The second-order valence-corrected chi connectivity index (χ2v) is 6.42. The fourth-order valence-electron chi connectivity index (χ4n) is 2.05. The molecule has 0 aliphatic carbocycles. The molecular formula is C15H24N6OS. The summed E-state index contributed by atoms with van der Waals surface area (Å²) in [5.41, 5.74) is 0.793. The smallest absolute Gasteiger partial charge is 0.219 e. The number of rotatable bonds is 8. The van der Waals surface area contributed by atoms with E-state index in [0.717, 1.165) is 23.4 Å². The molecule has 0 saturated carbocycles. The number of thioether (sulfide) groups is 1. The van der Waals surface area contributed by atoms with Gasteiger partial charge in [0, 0.05) is 19.5 Å². The number of nitrogens with one attached hydrogen (secondary N) is 2. The van der Waals surface area contributed by atoms with Gasteiger partial charge in [-0.2, -0.15) is 5.10 Å². The quantitative estimate of drug-likeness (QED) is 0.567. The van der Waals surface area contributed by atoms with E-state index in [2.05, 4.69) is 39.5 Å². The van der Waals surface area contributed by atoms with Crippen LogP contribution in [0.2, 0.25) is 0 Å². The van der Waals surface area contributed by atoms with Gasteiger partial charge in [-0.25, -0.2) is 14.6 Å². The van der Waals surface area contributed by atoms with Crippen molar-refractivity contribution in [1.29, 1.82) is 0 Å². The highest BCUT2D eigenvalue weighted by molar-refractivity contribution is 7.98. The van der Waals surface area contributed by atoms with Crippen molar-refractivity contribution in [3.05, 3.63) is 6.20 Å². The first-order chi connectivity index (χ1) is 11.0. The van der Waals surface area contributed by atoms with Crippen molar-refractivity contribution in [2.24, 2.45) is 5.92 Å². The standard InChI is InChI=1S/C15H24N6OS/c1-5-12(22)16-6-7-21-14-11(9-18-21)13(17-8-10(2)3)19-15(20-14)23-4/h9-10H,5-8H2,1-4H3,(H,16,22)(H,17,19,20). The maximum Gasteiger partial charge on any atom is 0.219 e. The van der Waals surface area contributed by atoms with Crippen LogP contribution < -0.4 is 10.6 Å². The molecular weight excluding hydrogens is 312 g/mol. The van der Waals surface area contributed by atoms with E-state index in [4.69, 9.17) is 0 Å². The Bertz CT molecular complexity index is 669. The van der Waals surface area contributed by atoms with Crippen LogP contribution in [-0.4, -0.2) is 45.0 Å². The molecule has 0 aliphatic heterocycles. The zero-order valence-electron chi connectivity index (χ0n) is 14.1. The molecule has 2 aromatic heterocycles. The molecule has 2 heterocycles. The zero-order chi connectivity index (χ0) is 16.8. The lowest BCUT2D eigenvalue weighted by atomic mass is 10.2. The van der Waals surface area contributed by atoms with Crippen LogP contribution in [0.3, 0.4) is 0 Å². The Balaban J connectivity index is 2.22. The van der Waals surface area contributed by atoms with Gasteiger partial charge in [0.05, 0.1) is 18.1 Å². The van der Waals surface area contributed by atoms with E-state index in [9.17, 15) is 4.79 Å². The fraction of sp³-hybridized carbons (Fsp3) is 0.600. The maximum atomic E-state index is 11.3. The minimum atomic E-state index is 0.0418. The van der Waals surface area contributed by atoms with E-state index < -0.39 is 0 Å².